The molecule has 0 aliphatic heterocycles. The predicted molar refractivity (Wildman–Crippen MR) is 80.8 cm³/mol. The Morgan fingerprint density at radius 2 is 2.00 bits per heavy atom. The van der Waals surface area contributed by atoms with Crippen LogP contribution in [0.2, 0.25) is 0 Å². The minimum absolute atomic E-state index is 0.0106. The minimum atomic E-state index is -3.28. The number of rotatable bonds is 8. The van der Waals surface area contributed by atoms with Gasteiger partial charge < -0.3 is 4.74 Å². The zero-order valence-corrected chi connectivity index (χ0v) is 13.6. The number of hydrogen-bond acceptors (Lipinski definition) is 3. The van der Waals surface area contributed by atoms with Crippen molar-refractivity contribution >= 4 is 26.0 Å². The second-order valence-electron chi connectivity index (χ2n) is 4.51. The van der Waals surface area contributed by atoms with Crippen LogP contribution in [0.25, 0.3) is 0 Å². The van der Waals surface area contributed by atoms with E-state index >= 15 is 0 Å². The van der Waals surface area contributed by atoms with E-state index in [4.69, 9.17) is 4.74 Å². The number of hydrogen-bond donors (Lipinski definition) is 1. The molecule has 1 aromatic rings. The van der Waals surface area contributed by atoms with Gasteiger partial charge in [0.05, 0.1) is 18.5 Å². The molecule has 0 saturated heterocycles. The van der Waals surface area contributed by atoms with Crippen molar-refractivity contribution in [3.8, 4) is 0 Å². The molecule has 0 bridgehead atoms. The first-order valence-corrected chi connectivity index (χ1v) is 8.93. The van der Waals surface area contributed by atoms with Crippen molar-refractivity contribution in [3.05, 3.63) is 35.4 Å². The molecular formula is C13H20BrNO3S. The lowest BCUT2D eigenvalue weighted by molar-refractivity contribution is 0.0911. The maximum absolute atomic E-state index is 11.7. The van der Waals surface area contributed by atoms with Crippen LogP contribution in [0.1, 0.15) is 25.0 Å². The number of ether oxygens (including phenoxy) is 1. The van der Waals surface area contributed by atoms with Gasteiger partial charge in [-0.1, -0.05) is 40.2 Å². The van der Waals surface area contributed by atoms with Gasteiger partial charge >= 0.3 is 0 Å². The summed E-state index contributed by atoms with van der Waals surface area (Å²) in [6.45, 7) is 4.29. The van der Waals surface area contributed by atoms with Crippen LogP contribution in [0.3, 0.4) is 0 Å². The fourth-order valence-corrected chi connectivity index (χ4v) is 2.68. The molecule has 1 N–H and O–H groups in total. The third-order valence-corrected chi connectivity index (χ3v) is 4.38. The van der Waals surface area contributed by atoms with Gasteiger partial charge in [-0.25, -0.2) is 13.1 Å². The van der Waals surface area contributed by atoms with Crippen LogP contribution in [0.5, 0.6) is 0 Å². The van der Waals surface area contributed by atoms with E-state index in [2.05, 4.69) is 20.7 Å². The quantitative estimate of drug-likeness (QED) is 0.733. The highest BCUT2D eigenvalue weighted by Gasteiger charge is 2.10. The Morgan fingerprint density at radius 1 is 1.32 bits per heavy atom. The van der Waals surface area contributed by atoms with E-state index < -0.39 is 10.0 Å². The summed E-state index contributed by atoms with van der Waals surface area (Å²) in [7, 11) is -3.28. The molecule has 0 unspecified atom stereocenters. The van der Waals surface area contributed by atoms with E-state index in [1.54, 1.807) is 0 Å². The summed E-state index contributed by atoms with van der Waals surface area (Å²) in [6, 6.07) is 7.78. The van der Waals surface area contributed by atoms with Crippen molar-refractivity contribution in [1.29, 1.82) is 0 Å². The summed E-state index contributed by atoms with van der Waals surface area (Å²) < 4.78 is 31.3. The predicted octanol–water partition coefficient (Wildman–Crippen LogP) is 2.43. The summed E-state index contributed by atoms with van der Waals surface area (Å²) >= 11 is 3.37. The minimum Gasteiger partial charge on any atom is -0.378 e. The van der Waals surface area contributed by atoms with E-state index in [1.165, 1.54) is 0 Å². The molecule has 0 amide bonds. The van der Waals surface area contributed by atoms with Crippen molar-refractivity contribution in [2.24, 2.45) is 0 Å². The van der Waals surface area contributed by atoms with Gasteiger partial charge in [0, 0.05) is 11.9 Å². The molecule has 4 nitrogen and oxygen atoms in total. The molecule has 0 saturated carbocycles. The van der Waals surface area contributed by atoms with Crippen LogP contribution in [0.4, 0.5) is 0 Å². The third kappa shape index (κ3) is 7.06. The molecule has 19 heavy (non-hydrogen) atoms. The average molecular weight is 350 g/mol. The van der Waals surface area contributed by atoms with Crippen LogP contribution in [-0.4, -0.2) is 26.9 Å². The average Bonchev–Trinajstić information content (AvgIpc) is 2.36. The van der Waals surface area contributed by atoms with Crippen molar-refractivity contribution < 1.29 is 13.2 Å². The first-order chi connectivity index (χ1) is 8.93. The van der Waals surface area contributed by atoms with Gasteiger partial charge in [-0.3, -0.25) is 0 Å². The van der Waals surface area contributed by atoms with Crippen molar-refractivity contribution in [1.82, 2.24) is 4.72 Å². The molecule has 0 atom stereocenters. The zero-order valence-electron chi connectivity index (χ0n) is 11.2. The molecule has 0 fully saturated rings. The van der Waals surface area contributed by atoms with E-state index in [1.807, 2.05) is 38.1 Å². The third-order valence-electron chi connectivity index (χ3n) is 2.45. The van der Waals surface area contributed by atoms with E-state index in [0.29, 0.717) is 6.54 Å². The van der Waals surface area contributed by atoms with Crippen LogP contribution in [-0.2, 0) is 26.6 Å². The monoisotopic (exact) mass is 349 g/mol. The van der Waals surface area contributed by atoms with E-state index in [0.717, 1.165) is 16.5 Å². The summed E-state index contributed by atoms with van der Waals surface area (Å²) in [5.74, 6) is -0.0106. The number of alkyl halides is 1. The molecule has 0 radical (unpaired) electrons. The van der Waals surface area contributed by atoms with E-state index in [-0.39, 0.29) is 18.5 Å². The fraction of sp³-hybridized carbons (Fsp3) is 0.538. The molecule has 1 rings (SSSR count). The lowest BCUT2D eigenvalue weighted by Crippen LogP contribution is -2.28. The maximum Gasteiger partial charge on any atom is 0.214 e. The Bertz CT molecular complexity index is 488. The van der Waals surface area contributed by atoms with Gasteiger partial charge in [-0.2, -0.15) is 0 Å². The first kappa shape index (κ1) is 16.6. The van der Waals surface area contributed by atoms with Gasteiger partial charge in [0.25, 0.3) is 0 Å². The Hall–Kier alpha value is -0.430. The number of benzene rings is 1. The maximum atomic E-state index is 11.7. The summed E-state index contributed by atoms with van der Waals surface area (Å²) in [4.78, 5) is 0. The molecule has 108 valence electrons. The van der Waals surface area contributed by atoms with Crippen LogP contribution >= 0.6 is 15.9 Å². The lowest BCUT2D eigenvalue weighted by Gasteiger charge is -2.09. The largest absolute Gasteiger partial charge is 0.378 e. The van der Waals surface area contributed by atoms with Crippen molar-refractivity contribution in [2.45, 2.75) is 31.8 Å². The molecule has 0 spiro atoms. The normalized spacial score (nSPS) is 12.0. The van der Waals surface area contributed by atoms with Crippen LogP contribution < -0.4 is 4.72 Å². The van der Waals surface area contributed by atoms with Gasteiger partial charge in [-0.15, -0.1) is 0 Å². The molecule has 0 aliphatic rings. The number of halogens is 1. The Morgan fingerprint density at radius 3 is 2.63 bits per heavy atom. The first-order valence-electron chi connectivity index (χ1n) is 6.15. The SMILES string of the molecule is CC(C)OCCS(=O)(=O)NCc1cccc(CBr)c1. The highest BCUT2D eigenvalue weighted by atomic mass is 79.9. The van der Waals surface area contributed by atoms with Gasteiger partial charge in [0.1, 0.15) is 0 Å². The standard InChI is InChI=1S/C13H20BrNO3S/c1-11(2)18-6-7-19(16,17)15-10-13-5-3-4-12(8-13)9-14/h3-5,8,11,15H,6-7,9-10H2,1-2H3. The fourth-order valence-electron chi connectivity index (χ4n) is 1.48. The molecule has 1 aromatic carbocycles. The van der Waals surface area contributed by atoms with Crippen molar-refractivity contribution in [2.75, 3.05) is 12.4 Å². The Balaban J connectivity index is 2.45. The highest BCUT2D eigenvalue weighted by molar-refractivity contribution is 9.08. The summed E-state index contributed by atoms with van der Waals surface area (Å²) in [5, 5.41) is 0.760. The second kappa shape index (κ2) is 7.99. The molecule has 0 aromatic heterocycles. The molecule has 0 heterocycles. The zero-order chi connectivity index (χ0) is 14.3. The van der Waals surface area contributed by atoms with Gasteiger partial charge in [0.15, 0.2) is 0 Å². The number of sulfonamides is 1. The van der Waals surface area contributed by atoms with Crippen LogP contribution in [0, 0.1) is 0 Å². The van der Waals surface area contributed by atoms with E-state index in [9.17, 15) is 8.42 Å². The highest BCUT2D eigenvalue weighted by Crippen LogP contribution is 2.09. The Kier molecular flexibility index (Phi) is 6.99. The molecule has 0 aliphatic carbocycles. The van der Waals surface area contributed by atoms with Crippen LogP contribution in [0.15, 0.2) is 24.3 Å². The topological polar surface area (TPSA) is 55.4 Å². The van der Waals surface area contributed by atoms with Gasteiger partial charge in [-0.05, 0) is 25.0 Å². The van der Waals surface area contributed by atoms with Gasteiger partial charge in [0.2, 0.25) is 10.0 Å². The molecular weight excluding hydrogens is 330 g/mol. The molecule has 6 heteroatoms. The Labute approximate surface area is 123 Å². The lowest BCUT2D eigenvalue weighted by atomic mass is 10.1. The summed E-state index contributed by atoms with van der Waals surface area (Å²) in [5.41, 5.74) is 2.07. The summed E-state index contributed by atoms with van der Waals surface area (Å²) in [6.07, 6.45) is 0.0470. The smallest absolute Gasteiger partial charge is 0.214 e. The second-order valence-corrected chi connectivity index (χ2v) is 7.00. The van der Waals surface area contributed by atoms with Crippen molar-refractivity contribution in [3.63, 3.8) is 0 Å². The number of nitrogens with one attached hydrogen (secondary N) is 1.